The third kappa shape index (κ3) is 3.91. The van der Waals surface area contributed by atoms with E-state index in [2.05, 4.69) is 20.5 Å². The second-order valence-corrected chi connectivity index (χ2v) is 6.86. The molecule has 0 saturated carbocycles. The number of benzene rings is 1. The van der Waals surface area contributed by atoms with Crippen LogP contribution in [0.3, 0.4) is 0 Å². The molecule has 4 rings (SSSR count). The van der Waals surface area contributed by atoms with E-state index >= 15 is 0 Å². The van der Waals surface area contributed by atoms with E-state index in [0.29, 0.717) is 15.8 Å². The Kier molecular flexibility index (Phi) is 5.05. The molecule has 0 bridgehead atoms. The Morgan fingerprint density at radius 2 is 1.97 bits per heavy atom. The number of nitrogens with zero attached hydrogens (tertiary/aromatic N) is 5. The van der Waals surface area contributed by atoms with Crippen LogP contribution in [0.25, 0.3) is 16.9 Å². The van der Waals surface area contributed by atoms with Crippen molar-refractivity contribution in [2.45, 2.75) is 6.18 Å². The van der Waals surface area contributed by atoms with Crippen LogP contribution in [0.5, 0.6) is 5.75 Å². The molecule has 3 heterocycles. The highest BCUT2D eigenvalue weighted by atomic mass is 35.5. The van der Waals surface area contributed by atoms with Crippen LogP contribution in [0.15, 0.2) is 42.6 Å². The molecule has 1 N–H and O–H groups in total. The summed E-state index contributed by atoms with van der Waals surface area (Å²) in [7, 11) is 3.09. The molecule has 8 nitrogen and oxygen atoms in total. The quantitative estimate of drug-likeness (QED) is 0.506. The lowest BCUT2D eigenvalue weighted by molar-refractivity contribution is -0.142. The largest absolute Gasteiger partial charge is 0.497 e. The highest BCUT2D eigenvalue weighted by molar-refractivity contribution is 6.37. The Balaban J connectivity index is 1.86. The molecule has 0 atom stereocenters. The van der Waals surface area contributed by atoms with Gasteiger partial charge in [-0.1, -0.05) is 23.7 Å². The van der Waals surface area contributed by atoms with Crippen molar-refractivity contribution in [2.24, 2.45) is 7.05 Å². The molecule has 0 aliphatic rings. The summed E-state index contributed by atoms with van der Waals surface area (Å²) in [6, 6.07) is 8.75. The van der Waals surface area contributed by atoms with E-state index in [1.54, 1.807) is 31.4 Å². The van der Waals surface area contributed by atoms with E-state index in [4.69, 9.17) is 16.3 Å². The number of aryl methyl sites for hydroxylation is 1. The van der Waals surface area contributed by atoms with Crippen molar-refractivity contribution in [1.82, 2.24) is 24.4 Å². The van der Waals surface area contributed by atoms with Gasteiger partial charge in [0.2, 0.25) is 0 Å². The fourth-order valence-corrected chi connectivity index (χ4v) is 3.17. The molecule has 0 radical (unpaired) electrons. The molecule has 0 spiro atoms. The standard InChI is InChI=1S/C19H14ClF3N6O2/c1-28-7-6-14(26-28)25-18(30)16-15(20)17-24-12(10-4-3-5-11(8-10)31-2)9-13(19(21,22)23)29(17)27-16/h3-9H,1-2H3,(H,25,26,30). The number of hydrogen-bond acceptors (Lipinski definition) is 5. The maximum absolute atomic E-state index is 13.8. The van der Waals surface area contributed by atoms with Gasteiger partial charge in [-0.3, -0.25) is 9.48 Å². The number of rotatable bonds is 4. The molecule has 0 saturated heterocycles. The minimum atomic E-state index is -4.78. The molecule has 0 aliphatic heterocycles. The number of nitrogens with one attached hydrogen (secondary N) is 1. The van der Waals surface area contributed by atoms with Crippen LogP contribution in [-0.4, -0.2) is 37.4 Å². The third-order valence-electron chi connectivity index (χ3n) is 4.36. The van der Waals surface area contributed by atoms with Gasteiger partial charge in [-0.15, -0.1) is 0 Å². The molecule has 0 aliphatic carbocycles. The van der Waals surface area contributed by atoms with Gasteiger partial charge in [-0.05, 0) is 18.2 Å². The summed E-state index contributed by atoms with van der Waals surface area (Å²) in [6.45, 7) is 0. The number of aromatic nitrogens is 5. The molecule has 12 heteroatoms. The van der Waals surface area contributed by atoms with Crippen LogP contribution in [0, 0.1) is 0 Å². The van der Waals surface area contributed by atoms with Gasteiger partial charge in [0.05, 0.1) is 12.8 Å². The lowest BCUT2D eigenvalue weighted by atomic mass is 10.1. The highest BCUT2D eigenvalue weighted by Gasteiger charge is 2.36. The van der Waals surface area contributed by atoms with Crippen molar-refractivity contribution >= 4 is 29.0 Å². The van der Waals surface area contributed by atoms with Crippen LogP contribution in [0.4, 0.5) is 19.0 Å². The molecular weight excluding hydrogens is 437 g/mol. The molecule has 31 heavy (non-hydrogen) atoms. The zero-order chi connectivity index (χ0) is 22.3. The fraction of sp³-hybridized carbons (Fsp3) is 0.158. The van der Waals surface area contributed by atoms with Crippen LogP contribution < -0.4 is 10.1 Å². The molecule has 4 aromatic rings. The summed E-state index contributed by atoms with van der Waals surface area (Å²) in [4.78, 5) is 16.8. The minimum absolute atomic E-state index is 0.00258. The molecule has 1 aromatic carbocycles. The Labute approximate surface area is 178 Å². The zero-order valence-electron chi connectivity index (χ0n) is 16.1. The Morgan fingerprint density at radius 1 is 1.19 bits per heavy atom. The summed E-state index contributed by atoms with van der Waals surface area (Å²) in [5, 5.41) is 9.89. The predicted molar refractivity (Wildman–Crippen MR) is 106 cm³/mol. The first-order valence-electron chi connectivity index (χ1n) is 8.79. The average Bonchev–Trinajstić information content (AvgIpc) is 3.29. The molecule has 3 aromatic heterocycles. The summed E-state index contributed by atoms with van der Waals surface area (Å²) >= 11 is 6.24. The Hall–Kier alpha value is -3.60. The van der Waals surface area contributed by atoms with Crippen molar-refractivity contribution in [3.8, 4) is 17.0 Å². The fourth-order valence-electron chi connectivity index (χ4n) is 2.93. The monoisotopic (exact) mass is 450 g/mol. The highest BCUT2D eigenvalue weighted by Crippen LogP contribution is 2.35. The van der Waals surface area contributed by atoms with Crippen LogP contribution in [-0.2, 0) is 13.2 Å². The number of alkyl halides is 3. The molecular formula is C19H14ClF3N6O2. The topological polar surface area (TPSA) is 86.3 Å². The maximum Gasteiger partial charge on any atom is 0.433 e. The average molecular weight is 451 g/mol. The van der Waals surface area contributed by atoms with Gasteiger partial charge in [0.25, 0.3) is 5.91 Å². The number of anilines is 1. The first-order valence-corrected chi connectivity index (χ1v) is 9.17. The van der Waals surface area contributed by atoms with Crippen molar-refractivity contribution < 1.29 is 22.7 Å². The van der Waals surface area contributed by atoms with Gasteiger partial charge >= 0.3 is 6.18 Å². The Morgan fingerprint density at radius 3 is 2.61 bits per heavy atom. The van der Waals surface area contributed by atoms with Crippen molar-refractivity contribution in [1.29, 1.82) is 0 Å². The number of carbonyl (C=O) groups is 1. The normalized spacial score (nSPS) is 11.7. The SMILES string of the molecule is COc1cccc(-c2cc(C(F)(F)F)n3nc(C(=O)Nc4ccn(C)n4)c(Cl)c3n2)c1. The number of halogens is 4. The molecule has 1 amide bonds. The summed E-state index contributed by atoms with van der Waals surface area (Å²) in [5.41, 5.74) is -1.47. The van der Waals surface area contributed by atoms with Crippen molar-refractivity contribution in [2.75, 3.05) is 12.4 Å². The first kappa shape index (κ1) is 20.7. The van der Waals surface area contributed by atoms with Gasteiger partial charge < -0.3 is 10.1 Å². The van der Waals surface area contributed by atoms with Gasteiger partial charge in [0.1, 0.15) is 10.8 Å². The number of ether oxygens (including phenoxy) is 1. The molecule has 0 unspecified atom stereocenters. The van der Waals surface area contributed by atoms with Crippen LogP contribution >= 0.6 is 11.6 Å². The smallest absolute Gasteiger partial charge is 0.433 e. The van der Waals surface area contributed by atoms with Gasteiger partial charge in [-0.25, -0.2) is 9.50 Å². The molecule has 0 fully saturated rings. The van der Waals surface area contributed by atoms with E-state index in [-0.39, 0.29) is 22.2 Å². The second kappa shape index (κ2) is 7.58. The second-order valence-electron chi connectivity index (χ2n) is 6.48. The van der Waals surface area contributed by atoms with E-state index in [0.717, 1.165) is 6.07 Å². The van der Waals surface area contributed by atoms with E-state index in [1.165, 1.54) is 23.9 Å². The van der Waals surface area contributed by atoms with Gasteiger partial charge in [0.15, 0.2) is 22.9 Å². The summed E-state index contributed by atoms with van der Waals surface area (Å²) in [6.07, 6.45) is -3.19. The Bertz CT molecular complexity index is 1300. The van der Waals surface area contributed by atoms with E-state index in [9.17, 15) is 18.0 Å². The number of methoxy groups -OCH3 is 1. The number of amides is 1. The van der Waals surface area contributed by atoms with Crippen molar-refractivity contribution in [3.05, 3.63) is 59.0 Å². The number of hydrogen-bond donors (Lipinski definition) is 1. The zero-order valence-corrected chi connectivity index (χ0v) is 16.9. The summed E-state index contributed by atoms with van der Waals surface area (Å²) < 4.78 is 48.4. The number of fused-ring (bicyclic) bond motifs is 1. The lowest BCUT2D eigenvalue weighted by Gasteiger charge is -2.11. The minimum Gasteiger partial charge on any atom is -0.497 e. The lowest BCUT2D eigenvalue weighted by Crippen LogP contribution is -2.16. The van der Waals surface area contributed by atoms with Crippen molar-refractivity contribution in [3.63, 3.8) is 0 Å². The maximum atomic E-state index is 13.8. The van der Waals surface area contributed by atoms with Crippen LogP contribution in [0.2, 0.25) is 5.02 Å². The van der Waals surface area contributed by atoms with Gasteiger partial charge in [-0.2, -0.15) is 23.4 Å². The van der Waals surface area contributed by atoms with E-state index in [1.807, 2.05) is 0 Å². The van der Waals surface area contributed by atoms with Crippen LogP contribution in [0.1, 0.15) is 16.2 Å². The predicted octanol–water partition coefficient (Wildman–Crippen LogP) is 4.06. The number of carbonyl (C=O) groups excluding carboxylic acids is 1. The first-order chi connectivity index (χ1) is 14.7. The summed E-state index contributed by atoms with van der Waals surface area (Å²) in [5.74, 6) is -0.172. The molecule has 160 valence electrons. The third-order valence-corrected chi connectivity index (χ3v) is 4.71. The van der Waals surface area contributed by atoms with E-state index < -0.39 is 23.5 Å². The van der Waals surface area contributed by atoms with Gasteiger partial charge in [0, 0.05) is 24.9 Å².